The van der Waals surface area contributed by atoms with Gasteiger partial charge in [-0.1, -0.05) is 99.8 Å². The first kappa shape index (κ1) is 33.6. The van der Waals surface area contributed by atoms with Crippen molar-refractivity contribution in [1.82, 2.24) is 19.7 Å². The van der Waals surface area contributed by atoms with Crippen molar-refractivity contribution in [2.24, 2.45) is 0 Å². The summed E-state index contributed by atoms with van der Waals surface area (Å²) in [7, 11) is 0. The van der Waals surface area contributed by atoms with E-state index in [1.807, 2.05) is 18.5 Å². The first-order valence-electron chi connectivity index (χ1n) is 16.7. The van der Waals surface area contributed by atoms with Crippen LogP contribution in [-0.2, 0) is 21.1 Å². The van der Waals surface area contributed by atoms with Gasteiger partial charge < -0.3 is 9.47 Å². The largest absolute Gasteiger partial charge is 2.00 e. The van der Waals surface area contributed by atoms with Crippen molar-refractivity contribution in [3.8, 4) is 28.3 Å². The Kier molecular flexibility index (Phi) is 9.50. The molecule has 8 rings (SSSR count). The number of benzene rings is 5. The van der Waals surface area contributed by atoms with E-state index in [2.05, 4.69) is 169 Å². The van der Waals surface area contributed by atoms with Gasteiger partial charge in [0.1, 0.15) is 12.1 Å². The third-order valence-electron chi connectivity index (χ3n) is 8.97. The maximum absolute atomic E-state index is 5.28. The number of rotatable bonds is 8. The molecule has 0 bridgehead atoms. The molecule has 0 spiro atoms. The molecule has 0 aliphatic heterocycles. The van der Waals surface area contributed by atoms with E-state index in [9.17, 15) is 0 Å². The summed E-state index contributed by atoms with van der Waals surface area (Å²) in [5.41, 5.74) is 8.24. The summed E-state index contributed by atoms with van der Waals surface area (Å²) in [5, 5.41) is 11.6. The first-order chi connectivity index (χ1) is 24.0. The van der Waals surface area contributed by atoms with Gasteiger partial charge in [-0.05, 0) is 68.7 Å². The van der Waals surface area contributed by atoms with Crippen LogP contribution in [0, 0.1) is 12.1 Å². The van der Waals surface area contributed by atoms with Crippen LogP contribution < -0.4 is 4.90 Å². The molecule has 0 saturated heterocycles. The summed E-state index contributed by atoms with van der Waals surface area (Å²) in [5.74, 6) is 2.21. The second kappa shape index (κ2) is 14.1. The molecule has 5 nitrogen and oxygen atoms in total. The minimum Gasteiger partial charge on any atom is -0.322 e. The number of hydrogen-bond donors (Lipinski definition) is 0. The number of thiophene rings is 1. The van der Waals surface area contributed by atoms with Gasteiger partial charge >= 0.3 is 21.1 Å². The number of nitrogens with zero attached hydrogens (tertiary/aromatic N) is 5. The van der Waals surface area contributed by atoms with Crippen LogP contribution in [0.15, 0.2) is 128 Å². The Labute approximate surface area is 311 Å². The van der Waals surface area contributed by atoms with Crippen LogP contribution in [0.4, 0.5) is 17.2 Å². The van der Waals surface area contributed by atoms with Crippen molar-refractivity contribution in [2.75, 3.05) is 4.90 Å². The van der Waals surface area contributed by atoms with Crippen LogP contribution in [0.5, 0.6) is 0 Å². The smallest absolute Gasteiger partial charge is 0.322 e. The number of pyridine rings is 1. The molecule has 0 aliphatic carbocycles. The topological polar surface area (TPSA) is 46.8 Å². The molecule has 0 N–H and O–H groups in total. The van der Waals surface area contributed by atoms with Crippen LogP contribution in [0.2, 0.25) is 0 Å². The fourth-order valence-electron chi connectivity index (χ4n) is 6.63. The second-order valence-corrected chi connectivity index (χ2v) is 13.9. The van der Waals surface area contributed by atoms with Crippen molar-refractivity contribution >= 4 is 48.7 Å². The molecule has 0 fully saturated rings. The number of para-hydroxylation sites is 2. The molecule has 0 atom stereocenters. The Morgan fingerprint density at radius 3 is 2.22 bits per heavy atom. The predicted octanol–water partition coefficient (Wildman–Crippen LogP) is 11.7. The van der Waals surface area contributed by atoms with Crippen LogP contribution >= 0.6 is 11.3 Å². The molecule has 7 heteroatoms. The van der Waals surface area contributed by atoms with Crippen molar-refractivity contribution in [3.63, 3.8) is 0 Å². The summed E-state index contributed by atoms with van der Waals surface area (Å²) < 4.78 is 4.58. The molecule has 0 radical (unpaired) electrons. The van der Waals surface area contributed by atoms with Crippen molar-refractivity contribution in [1.29, 1.82) is 0 Å². The van der Waals surface area contributed by atoms with E-state index < -0.39 is 0 Å². The van der Waals surface area contributed by atoms with E-state index in [1.54, 1.807) is 11.3 Å². The summed E-state index contributed by atoms with van der Waals surface area (Å²) >= 11 is 1.79. The second-order valence-electron chi connectivity index (χ2n) is 12.8. The third-order valence-corrected chi connectivity index (χ3v) is 10.2. The van der Waals surface area contributed by atoms with Gasteiger partial charge in [0, 0.05) is 16.1 Å². The molecule has 3 heterocycles. The molecular formula is C43H35N5PtS. The van der Waals surface area contributed by atoms with E-state index >= 15 is 0 Å². The van der Waals surface area contributed by atoms with E-state index in [1.165, 1.54) is 31.3 Å². The predicted molar refractivity (Wildman–Crippen MR) is 203 cm³/mol. The van der Waals surface area contributed by atoms with Gasteiger partial charge in [0.25, 0.3) is 0 Å². The standard InChI is InChI=1S/C43H35N5S.Pt/c1-28(2)33-19-11-20-34(29(3)4)41(33)47-27-44-46-43(47)30-14-10-17-32(26-30)48(31-15-6-5-7-16-31)40-25-13-23-38(45-40)37-22-12-21-36-35-18-8-9-24-39(35)49-42(36)37;/h5-21,23-25,27-29H,1-4H3;/q-2;+2. The molecule has 5 aromatic carbocycles. The average Bonchev–Trinajstić information content (AvgIpc) is 3.78. The molecule has 248 valence electrons. The quantitative estimate of drug-likeness (QED) is 0.143. The number of hydrogen-bond acceptors (Lipinski definition) is 5. The van der Waals surface area contributed by atoms with Crippen molar-refractivity contribution in [3.05, 3.63) is 151 Å². The number of anilines is 3. The number of fused-ring (bicyclic) bond motifs is 3. The first-order valence-corrected chi connectivity index (χ1v) is 17.5. The molecule has 8 aromatic rings. The monoisotopic (exact) mass is 848 g/mol. The van der Waals surface area contributed by atoms with Gasteiger partial charge in [-0.3, -0.25) is 4.98 Å². The Hall–Kier alpha value is -4.90. The summed E-state index contributed by atoms with van der Waals surface area (Å²) in [6.07, 6.45) is 1.83. The van der Waals surface area contributed by atoms with Gasteiger partial charge in [-0.15, -0.1) is 58.7 Å². The van der Waals surface area contributed by atoms with E-state index in [4.69, 9.17) is 4.98 Å². The van der Waals surface area contributed by atoms with Crippen LogP contribution in [0.1, 0.15) is 50.7 Å². The zero-order valence-corrected chi connectivity index (χ0v) is 31.3. The van der Waals surface area contributed by atoms with Gasteiger partial charge in [0.05, 0.1) is 5.82 Å². The van der Waals surface area contributed by atoms with Crippen LogP contribution in [0.25, 0.3) is 48.5 Å². The van der Waals surface area contributed by atoms with E-state index in [-0.39, 0.29) is 21.1 Å². The molecular weight excluding hydrogens is 814 g/mol. The van der Waals surface area contributed by atoms with Crippen molar-refractivity contribution in [2.45, 2.75) is 39.5 Å². The SMILES string of the molecule is CC(C)c1cccc(C(C)C)c1-n1cnnc1-c1[c-]c(N(c2ccccc2)c2cccc(-c3[c-]ccc4c3sc3ccccc34)n2)ccc1.[Pt+2]. The fourth-order valence-corrected chi connectivity index (χ4v) is 7.84. The Bertz CT molecular complexity index is 2400. The molecule has 0 amide bonds. The van der Waals surface area contributed by atoms with Gasteiger partial charge in [0.15, 0.2) is 0 Å². The summed E-state index contributed by atoms with van der Waals surface area (Å²) in [4.78, 5) is 7.44. The minimum atomic E-state index is 0. The summed E-state index contributed by atoms with van der Waals surface area (Å²) in [6.45, 7) is 8.93. The maximum Gasteiger partial charge on any atom is 2.00 e. The molecule has 50 heavy (non-hydrogen) atoms. The zero-order chi connectivity index (χ0) is 33.5. The van der Waals surface area contributed by atoms with Gasteiger partial charge in [0.2, 0.25) is 0 Å². The van der Waals surface area contributed by atoms with E-state index in [0.717, 1.165) is 45.5 Å². The van der Waals surface area contributed by atoms with Crippen molar-refractivity contribution < 1.29 is 21.1 Å². The Morgan fingerprint density at radius 1 is 0.720 bits per heavy atom. The Balaban J connectivity index is 0.00000392. The van der Waals surface area contributed by atoms with Crippen LogP contribution in [0.3, 0.4) is 0 Å². The van der Waals surface area contributed by atoms with Crippen LogP contribution in [-0.4, -0.2) is 19.7 Å². The fraction of sp³-hybridized carbons (Fsp3) is 0.140. The van der Waals surface area contributed by atoms with Gasteiger partial charge in [-0.25, -0.2) is 0 Å². The average molecular weight is 849 g/mol. The normalized spacial score (nSPS) is 11.4. The molecule has 3 aromatic heterocycles. The van der Waals surface area contributed by atoms with E-state index in [0.29, 0.717) is 11.8 Å². The molecule has 0 unspecified atom stereocenters. The van der Waals surface area contributed by atoms with Gasteiger partial charge in [-0.2, -0.15) is 16.4 Å². The minimum absolute atomic E-state index is 0. The third kappa shape index (κ3) is 6.08. The number of aromatic nitrogens is 4. The molecule has 0 saturated carbocycles. The molecule has 0 aliphatic rings. The summed E-state index contributed by atoms with van der Waals surface area (Å²) in [6, 6.07) is 49.3. The zero-order valence-electron chi connectivity index (χ0n) is 28.2. The Morgan fingerprint density at radius 2 is 1.44 bits per heavy atom. The maximum atomic E-state index is 5.28.